The van der Waals surface area contributed by atoms with Crippen molar-refractivity contribution in [2.75, 3.05) is 14.2 Å². The van der Waals surface area contributed by atoms with Crippen molar-refractivity contribution in [3.8, 4) is 17.6 Å². The van der Waals surface area contributed by atoms with Crippen molar-refractivity contribution in [3.63, 3.8) is 0 Å². The molecule has 1 aromatic rings. The van der Waals surface area contributed by atoms with Gasteiger partial charge in [-0.2, -0.15) is 5.26 Å². The Bertz CT molecular complexity index is 474. The molecule has 0 radical (unpaired) electrons. The fourth-order valence-electron chi connectivity index (χ4n) is 1.19. The number of ether oxygens (including phenoxy) is 2. The lowest BCUT2D eigenvalue weighted by molar-refractivity contribution is 0.354. The van der Waals surface area contributed by atoms with Crippen molar-refractivity contribution in [3.05, 3.63) is 28.8 Å². The number of thioether (sulfide) groups is 1. The normalized spacial score (nSPS) is 11.4. The van der Waals surface area contributed by atoms with Gasteiger partial charge in [0.25, 0.3) is 0 Å². The SMILES string of the molecule is COc1ccc(S/C(C#N)=C(/C)N)cc1OC. The average molecular weight is 250 g/mol. The van der Waals surface area contributed by atoms with E-state index < -0.39 is 0 Å². The fourth-order valence-corrected chi connectivity index (χ4v) is 1.93. The molecule has 0 unspecified atom stereocenters. The number of hydrogen-bond acceptors (Lipinski definition) is 5. The van der Waals surface area contributed by atoms with Gasteiger partial charge in [-0.15, -0.1) is 0 Å². The van der Waals surface area contributed by atoms with Gasteiger partial charge in [-0.05, 0) is 25.1 Å². The minimum atomic E-state index is 0.484. The summed E-state index contributed by atoms with van der Waals surface area (Å²) in [6.07, 6.45) is 0. The number of rotatable bonds is 4. The maximum atomic E-state index is 8.92. The van der Waals surface area contributed by atoms with Crippen molar-refractivity contribution in [1.82, 2.24) is 0 Å². The van der Waals surface area contributed by atoms with E-state index in [-0.39, 0.29) is 0 Å². The Kier molecular flexibility index (Phi) is 4.73. The molecule has 17 heavy (non-hydrogen) atoms. The molecule has 5 heteroatoms. The summed E-state index contributed by atoms with van der Waals surface area (Å²) >= 11 is 1.30. The smallest absolute Gasteiger partial charge is 0.161 e. The first-order chi connectivity index (χ1) is 8.12. The molecule has 0 aromatic heterocycles. The second kappa shape index (κ2) is 6.06. The van der Waals surface area contributed by atoms with E-state index >= 15 is 0 Å². The number of nitriles is 1. The first kappa shape index (κ1) is 13.3. The highest BCUT2D eigenvalue weighted by atomic mass is 32.2. The molecular formula is C12H14N2O2S. The molecule has 0 saturated carbocycles. The zero-order valence-electron chi connectivity index (χ0n) is 9.98. The van der Waals surface area contributed by atoms with E-state index in [1.165, 1.54) is 11.8 Å². The molecule has 0 fully saturated rings. The quantitative estimate of drug-likeness (QED) is 0.657. The number of methoxy groups -OCH3 is 2. The van der Waals surface area contributed by atoms with Crippen LogP contribution in [0.4, 0.5) is 0 Å². The van der Waals surface area contributed by atoms with Crippen LogP contribution < -0.4 is 15.2 Å². The van der Waals surface area contributed by atoms with E-state index in [1.54, 1.807) is 27.2 Å². The Morgan fingerprint density at radius 1 is 1.29 bits per heavy atom. The molecule has 0 bridgehead atoms. The van der Waals surface area contributed by atoms with E-state index in [0.29, 0.717) is 22.1 Å². The summed E-state index contributed by atoms with van der Waals surface area (Å²) in [6.45, 7) is 1.70. The third-order valence-electron chi connectivity index (χ3n) is 2.03. The van der Waals surface area contributed by atoms with Gasteiger partial charge in [0.05, 0.1) is 14.2 Å². The van der Waals surface area contributed by atoms with E-state index in [2.05, 4.69) is 6.07 Å². The van der Waals surface area contributed by atoms with Gasteiger partial charge in [0.15, 0.2) is 11.5 Å². The second-order valence-corrected chi connectivity index (χ2v) is 4.33. The lowest BCUT2D eigenvalue weighted by Gasteiger charge is -2.09. The van der Waals surface area contributed by atoms with E-state index in [4.69, 9.17) is 20.5 Å². The number of nitrogens with two attached hydrogens (primary N) is 1. The molecule has 4 nitrogen and oxygen atoms in total. The molecule has 2 N–H and O–H groups in total. The number of nitrogens with zero attached hydrogens (tertiary/aromatic N) is 1. The molecule has 1 rings (SSSR count). The maximum absolute atomic E-state index is 8.92. The summed E-state index contributed by atoms with van der Waals surface area (Å²) in [5.41, 5.74) is 6.11. The molecular weight excluding hydrogens is 236 g/mol. The number of hydrogen-bond donors (Lipinski definition) is 1. The van der Waals surface area contributed by atoms with Crippen LogP contribution in [-0.2, 0) is 0 Å². The predicted octanol–water partition coefficient (Wildman–Crippen LogP) is 2.51. The monoisotopic (exact) mass is 250 g/mol. The van der Waals surface area contributed by atoms with Crippen molar-refractivity contribution in [1.29, 1.82) is 5.26 Å². The number of allylic oxidation sites excluding steroid dienone is 2. The van der Waals surface area contributed by atoms with Crippen LogP contribution in [0, 0.1) is 11.3 Å². The van der Waals surface area contributed by atoms with Gasteiger partial charge < -0.3 is 15.2 Å². The third-order valence-corrected chi connectivity index (χ3v) is 3.14. The second-order valence-electron chi connectivity index (χ2n) is 3.24. The van der Waals surface area contributed by atoms with Gasteiger partial charge in [-0.3, -0.25) is 0 Å². The van der Waals surface area contributed by atoms with Crippen molar-refractivity contribution >= 4 is 11.8 Å². The van der Waals surface area contributed by atoms with Gasteiger partial charge in [0.1, 0.15) is 11.0 Å². The fraction of sp³-hybridized carbons (Fsp3) is 0.250. The van der Waals surface area contributed by atoms with Gasteiger partial charge in [0, 0.05) is 10.6 Å². The molecule has 0 amide bonds. The largest absolute Gasteiger partial charge is 0.493 e. The molecule has 0 spiro atoms. The van der Waals surface area contributed by atoms with Crippen molar-refractivity contribution < 1.29 is 9.47 Å². The molecule has 0 saturated heterocycles. The van der Waals surface area contributed by atoms with Crippen molar-refractivity contribution in [2.45, 2.75) is 11.8 Å². The lowest BCUT2D eigenvalue weighted by atomic mass is 10.3. The van der Waals surface area contributed by atoms with E-state index in [1.807, 2.05) is 12.1 Å². The van der Waals surface area contributed by atoms with Crippen LogP contribution in [0.15, 0.2) is 33.7 Å². The highest BCUT2D eigenvalue weighted by Crippen LogP contribution is 2.34. The summed E-state index contributed by atoms with van der Waals surface area (Å²) in [4.78, 5) is 1.36. The molecule has 0 aliphatic carbocycles. The summed E-state index contributed by atoms with van der Waals surface area (Å²) < 4.78 is 10.3. The summed E-state index contributed by atoms with van der Waals surface area (Å²) in [7, 11) is 3.15. The Labute approximate surface area is 105 Å². The van der Waals surface area contributed by atoms with Gasteiger partial charge in [0.2, 0.25) is 0 Å². The Balaban J connectivity index is 3.02. The zero-order valence-corrected chi connectivity index (χ0v) is 10.8. The minimum Gasteiger partial charge on any atom is -0.493 e. The molecule has 0 aliphatic rings. The van der Waals surface area contributed by atoms with Crippen molar-refractivity contribution in [2.24, 2.45) is 5.73 Å². The van der Waals surface area contributed by atoms with Gasteiger partial charge in [-0.25, -0.2) is 0 Å². The third kappa shape index (κ3) is 3.33. The van der Waals surface area contributed by atoms with Crippen LogP contribution in [0.2, 0.25) is 0 Å². The summed E-state index contributed by atoms with van der Waals surface area (Å²) in [6, 6.07) is 7.52. The average Bonchev–Trinajstić information content (AvgIpc) is 2.35. The molecule has 0 atom stereocenters. The van der Waals surface area contributed by atoms with Crippen LogP contribution in [-0.4, -0.2) is 14.2 Å². The topological polar surface area (TPSA) is 68.3 Å². The highest BCUT2D eigenvalue weighted by Gasteiger charge is 2.07. The Hall–Kier alpha value is -1.80. The van der Waals surface area contributed by atoms with Gasteiger partial charge >= 0.3 is 0 Å². The maximum Gasteiger partial charge on any atom is 0.161 e. The number of benzene rings is 1. The predicted molar refractivity (Wildman–Crippen MR) is 67.9 cm³/mol. The molecule has 1 aromatic carbocycles. The summed E-state index contributed by atoms with van der Waals surface area (Å²) in [5, 5.41) is 8.92. The molecule has 0 aliphatic heterocycles. The van der Waals surface area contributed by atoms with E-state index in [0.717, 1.165) is 4.90 Å². The van der Waals surface area contributed by atoms with Crippen LogP contribution in [0.1, 0.15) is 6.92 Å². The van der Waals surface area contributed by atoms with E-state index in [9.17, 15) is 0 Å². The van der Waals surface area contributed by atoms with Crippen LogP contribution >= 0.6 is 11.8 Å². The van der Waals surface area contributed by atoms with Gasteiger partial charge in [-0.1, -0.05) is 11.8 Å². The standard InChI is InChI=1S/C12H14N2O2S/c1-8(14)12(7-13)17-9-4-5-10(15-2)11(6-9)16-3/h4-6H,14H2,1-3H3/b12-8-. The first-order valence-electron chi connectivity index (χ1n) is 4.88. The lowest BCUT2D eigenvalue weighted by Crippen LogP contribution is -1.94. The van der Waals surface area contributed by atoms with Crippen LogP contribution in [0.25, 0.3) is 0 Å². The Morgan fingerprint density at radius 2 is 1.94 bits per heavy atom. The first-order valence-corrected chi connectivity index (χ1v) is 5.70. The van der Waals surface area contributed by atoms with Crippen LogP contribution in [0.3, 0.4) is 0 Å². The molecule has 0 heterocycles. The molecule has 90 valence electrons. The highest BCUT2D eigenvalue weighted by molar-refractivity contribution is 8.03. The van der Waals surface area contributed by atoms with Crippen LogP contribution in [0.5, 0.6) is 11.5 Å². The zero-order chi connectivity index (χ0) is 12.8. The summed E-state index contributed by atoms with van der Waals surface area (Å²) in [5.74, 6) is 1.29. The minimum absolute atomic E-state index is 0.484. The Morgan fingerprint density at radius 3 is 2.41 bits per heavy atom.